The molecule has 3 saturated heterocycles. The van der Waals surface area contributed by atoms with Crippen LogP contribution in [0.3, 0.4) is 0 Å². The summed E-state index contributed by atoms with van der Waals surface area (Å²) in [5.74, 6) is 0.705. The van der Waals surface area contributed by atoms with Gasteiger partial charge in [0, 0.05) is 58.5 Å². The van der Waals surface area contributed by atoms with E-state index in [1.54, 1.807) is 7.11 Å². The highest BCUT2D eigenvalue weighted by Gasteiger charge is 2.60. The minimum Gasteiger partial charge on any atom is -0.383 e. The molecule has 1 aromatic carbocycles. The second-order valence-electron chi connectivity index (χ2n) is 8.93. The molecular formula is C23H34N4O3. The molecule has 0 bridgehead atoms. The van der Waals surface area contributed by atoms with Crippen molar-refractivity contribution in [1.82, 2.24) is 14.7 Å². The van der Waals surface area contributed by atoms with Gasteiger partial charge in [0.25, 0.3) is 0 Å². The summed E-state index contributed by atoms with van der Waals surface area (Å²) >= 11 is 0. The van der Waals surface area contributed by atoms with Gasteiger partial charge in [0.05, 0.1) is 18.1 Å². The summed E-state index contributed by atoms with van der Waals surface area (Å²) in [7, 11) is 3.68. The lowest BCUT2D eigenvalue weighted by Gasteiger charge is -2.46. The van der Waals surface area contributed by atoms with Gasteiger partial charge in [-0.25, -0.2) is 4.79 Å². The number of benzene rings is 1. The second kappa shape index (κ2) is 8.55. The Labute approximate surface area is 179 Å². The van der Waals surface area contributed by atoms with E-state index in [4.69, 9.17) is 4.74 Å². The zero-order valence-corrected chi connectivity index (χ0v) is 18.4. The number of aryl methyl sites for hydroxylation is 1. The third-order valence-corrected chi connectivity index (χ3v) is 7.54. The summed E-state index contributed by atoms with van der Waals surface area (Å²) in [5.41, 5.74) is 1.96. The molecule has 3 aliphatic rings. The summed E-state index contributed by atoms with van der Waals surface area (Å²) in [6.07, 6.45) is 2.67. The molecule has 164 valence electrons. The molecular weight excluding hydrogens is 380 g/mol. The van der Waals surface area contributed by atoms with Gasteiger partial charge in [-0.05, 0) is 37.0 Å². The molecule has 0 aliphatic carbocycles. The molecule has 0 radical (unpaired) electrons. The van der Waals surface area contributed by atoms with Crippen molar-refractivity contribution < 1.29 is 14.3 Å². The zero-order valence-electron chi connectivity index (χ0n) is 18.4. The van der Waals surface area contributed by atoms with Crippen LogP contribution in [0.1, 0.15) is 25.3 Å². The van der Waals surface area contributed by atoms with Crippen LogP contribution < -0.4 is 5.32 Å². The van der Waals surface area contributed by atoms with Crippen molar-refractivity contribution in [3.05, 3.63) is 29.8 Å². The van der Waals surface area contributed by atoms with E-state index in [1.165, 1.54) is 5.56 Å². The number of nitrogens with zero attached hydrogens (tertiary/aromatic N) is 3. The van der Waals surface area contributed by atoms with E-state index in [-0.39, 0.29) is 23.4 Å². The van der Waals surface area contributed by atoms with Crippen molar-refractivity contribution in [2.75, 3.05) is 58.8 Å². The average molecular weight is 415 g/mol. The van der Waals surface area contributed by atoms with Gasteiger partial charge in [0.1, 0.15) is 0 Å². The van der Waals surface area contributed by atoms with Crippen LogP contribution in [0.4, 0.5) is 10.5 Å². The average Bonchev–Trinajstić information content (AvgIpc) is 3.28. The first-order valence-corrected chi connectivity index (χ1v) is 11.1. The number of hydrogen-bond acceptors (Lipinski definition) is 4. The van der Waals surface area contributed by atoms with Crippen LogP contribution in [0, 0.1) is 11.8 Å². The van der Waals surface area contributed by atoms with Crippen molar-refractivity contribution >= 4 is 17.6 Å². The second-order valence-corrected chi connectivity index (χ2v) is 8.93. The lowest BCUT2D eigenvalue weighted by atomic mass is 9.75. The van der Waals surface area contributed by atoms with Crippen LogP contribution >= 0.6 is 0 Å². The number of methoxy groups -OCH3 is 1. The standard InChI is InChI=1S/C23H34N4O3/c1-4-17-5-7-18(8-6-17)24-22(29)27-11-9-23(10-12-27)20-16-26(13-14-30-3)15-19(20)21(28)25(23)2/h5-8,19-20H,4,9-16H2,1-3H3,(H,24,29)/t19-,20+/m1/s1. The minimum absolute atomic E-state index is 0.0502. The summed E-state index contributed by atoms with van der Waals surface area (Å²) in [5, 5.41) is 3.02. The van der Waals surface area contributed by atoms with E-state index >= 15 is 0 Å². The number of carbonyl (C=O) groups excluding carboxylic acids is 2. The predicted molar refractivity (Wildman–Crippen MR) is 116 cm³/mol. The topological polar surface area (TPSA) is 65.1 Å². The minimum atomic E-state index is -0.122. The van der Waals surface area contributed by atoms with E-state index in [9.17, 15) is 9.59 Å². The molecule has 0 unspecified atom stereocenters. The van der Waals surface area contributed by atoms with Crippen molar-refractivity contribution in [1.29, 1.82) is 0 Å². The Kier molecular flexibility index (Phi) is 6.02. The van der Waals surface area contributed by atoms with Crippen LogP contribution in [0.25, 0.3) is 0 Å². The van der Waals surface area contributed by atoms with E-state index in [0.717, 1.165) is 44.6 Å². The quantitative estimate of drug-likeness (QED) is 0.803. The number of fused-ring (bicyclic) bond motifs is 2. The molecule has 30 heavy (non-hydrogen) atoms. The number of carbonyl (C=O) groups is 2. The molecule has 3 amide bonds. The molecule has 7 heteroatoms. The summed E-state index contributed by atoms with van der Waals surface area (Å²) in [6.45, 7) is 6.83. The summed E-state index contributed by atoms with van der Waals surface area (Å²) in [4.78, 5) is 32.0. The highest BCUT2D eigenvalue weighted by molar-refractivity contribution is 5.89. The molecule has 7 nitrogen and oxygen atoms in total. The van der Waals surface area contributed by atoms with E-state index in [0.29, 0.717) is 25.6 Å². The zero-order chi connectivity index (χ0) is 21.3. The van der Waals surface area contributed by atoms with Gasteiger partial charge in [-0.3, -0.25) is 9.69 Å². The molecule has 1 spiro atoms. The molecule has 4 rings (SSSR count). The normalized spacial score (nSPS) is 25.8. The largest absolute Gasteiger partial charge is 0.383 e. The predicted octanol–water partition coefficient (Wildman–Crippen LogP) is 2.28. The Morgan fingerprint density at radius 2 is 1.90 bits per heavy atom. The number of rotatable bonds is 5. The molecule has 3 fully saturated rings. The summed E-state index contributed by atoms with van der Waals surface area (Å²) in [6, 6.07) is 7.98. The maximum atomic E-state index is 13.0. The molecule has 3 heterocycles. The number of urea groups is 1. The molecule has 3 aliphatic heterocycles. The van der Waals surface area contributed by atoms with Crippen molar-refractivity contribution in [2.45, 2.75) is 31.7 Å². The van der Waals surface area contributed by atoms with Crippen LogP contribution in [0.2, 0.25) is 0 Å². The Hall–Kier alpha value is -2.12. The van der Waals surface area contributed by atoms with Gasteiger partial charge >= 0.3 is 6.03 Å². The monoisotopic (exact) mass is 414 g/mol. The lowest BCUT2D eigenvalue weighted by molar-refractivity contribution is -0.133. The Morgan fingerprint density at radius 3 is 2.53 bits per heavy atom. The molecule has 0 saturated carbocycles. The van der Waals surface area contributed by atoms with Gasteiger partial charge < -0.3 is 19.9 Å². The third kappa shape index (κ3) is 3.69. The highest BCUT2D eigenvalue weighted by atomic mass is 16.5. The molecule has 2 atom stereocenters. The van der Waals surface area contributed by atoms with E-state index in [1.807, 2.05) is 29.0 Å². The summed E-state index contributed by atoms with van der Waals surface area (Å²) < 4.78 is 5.22. The Balaban J connectivity index is 1.38. The van der Waals surface area contributed by atoms with Gasteiger partial charge in [-0.2, -0.15) is 0 Å². The van der Waals surface area contributed by atoms with Crippen LogP contribution in [-0.4, -0.2) is 85.7 Å². The third-order valence-electron chi connectivity index (χ3n) is 7.54. The fourth-order valence-corrected chi connectivity index (χ4v) is 5.63. The van der Waals surface area contributed by atoms with Crippen molar-refractivity contribution in [3.8, 4) is 0 Å². The number of piperidine rings is 1. The molecule has 1 aromatic rings. The smallest absolute Gasteiger partial charge is 0.321 e. The number of likely N-dealkylation sites (tertiary alicyclic amines) is 3. The van der Waals surface area contributed by atoms with Gasteiger partial charge in [-0.1, -0.05) is 19.1 Å². The lowest BCUT2D eigenvalue weighted by Crippen LogP contribution is -2.57. The van der Waals surface area contributed by atoms with Crippen molar-refractivity contribution in [3.63, 3.8) is 0 Å². The van der Waals surface area contributed by atoms with Gasteiger partial charge in [0.15, 0.2) is 0 Å². The van der Waals surface area contributed by atoms with Crippen LogP contribution in [0.5, 0.6) is 0 Å². The number of nitrogens with one attached hydrogen (secondary N) is 1. The number of ether oxygens (including phenoxy) is 1. The number of amides is 3. The van der Waals surface area contributed by atoms with E-state index < -0.39 is 0 Å². The Bertz CT molecular complexity index is 773. The fourth-order valence-electron chi connectivity index (χ4n) is 5.63. The van der Waals surface area contributed by atoms with Crippen LogP contribution in [0.15, 0.2) is 24.3 Å². The number of anilines is 1. The maximum Gasteiger partial charge on any atom is 0.321 e. The highest BCUT2D eigenvalue weighted by Crippen LogP contribution is 2.48. The molecule has 1 N–H and O–H groups in total. The Morgan fingerprint density at radius 1 is 1.20 bits per heavy atom. The first-order valence-electron chi connectivity index (χ1n) is 11.1. The van der Waals surface area contributed by atoms with Crippen LogP contribution in [-0.2, 0) is 16.0 Å². The van der Waals surface area contributed by atoms with Crippen molar-refractivity contribution in [2.24, 2.45) is 11.8 Å². The molecule has 0 aromatic heterocycles. The fraction of sp³-hybridized carbons (Fsp3) is 0.652. The van der Waals surface area contributed by atoms with Gasteiger partial charge in [-0.15, -0.1) is 0 Å². The first kappa shape index (κ1) is 21.1. The number of hydrogen-bond donors (Lipinski definition) is 1. The first-order chi connectivity index (χ1) is 14.5. The van der Waals surface area contributed by atoms with E-state index in [2.05, 4.69) is 29.3 Å². The maximum absolute atomic E-state index is 13.0. The SMILES string of the molecule is CCc1ccc(NC(=O)N2CCC3(CC2)[C@H]2CN(CCOC)C[C@H]2C(=O)N3C)cc1. The van der Waals surface area contributed by atoms with Gasteiger partial charge in [0.2, 0.25) is 5.91 Å².